The van der Waals surface area contributed by atoms with Gasteiger partial charge in [0, 0.05) is 6.20 Å². The summed E-state index contributed by atoms with van der Waals surface area (Å²) in [6.45, 7) is 3.66. The van der Waals surface area contributed by atoms with Crippen LogP contribution in [0.4, 0.5) is 0 Å². The van der Waals surface area contributed by atoms with Crippen molar-refractivity contribution < 1.29 is 14.4 Å². The van der Waals surface area contributed by atoms with Gasteiger partial charge >= 0.3 is 5.97 Å². The Balaban J connectivity index is 1.96. The van der Waals surface area contributed by atoms with Gasteiger partial charge in [-0.05, 0) is 13.0 Å². The van der Waals surface area contributed by atoms with E-state index in [1.807, 2.05) is 6.92 Å². The summed E-state index contributed by atoms with van der Waals surface area (Å²) in [5.74, 6) is -0.462. The van der Waals surface area contributed by atoms with Crippen molar-refractivity contribution in [3.8, 4) is 0 Å². The number of hydrogen-bond donors (Lipinski definition) is 0. The first-order valence-electron chi connectivity index (χ1n) is 5.10. The summed E-state index contributed by atoms with van der Waals surface area (Å²) in [5.41, 5.74) is 0.258. The molecule has 0 N–H and O–H groups in total. The Labute approximate surface area is 93.2 Å². The number of hydrogen-bond acceptors (Lipinski definition) is 6. The molecular weight excluding hydrogens is 210 g/mol. The first-order chi connectivity index (χ1) is 7.77. The summed E-state index contributed by atoms with van der Waals surface area (Å²) in [4.78, 5) is 24.4. The molecule has 1 aliphatic heterocycles. The number of aromatic nitrogens is 2. The Morgan fingerprint density at radius 1 is 1.69 bits per heavy atom. The van der Waals surface area contributed by atoms with Gasteiger partial charge in [-0.1, -0.05) is 0 Å². The molecule has 6 nitrogen and oxygen atoms in total. The summed E-state index contributed by atoms with van der Waals surface area (Å²) in [5, 5.41) is 1.62. The van der Waals surface area contributed by atoms with E-state index in [1.165, 1.54) is 18.6 Å². The lowest BCUT2D eigenvalue weighted by Crippen LogP contribution is -2.44. The van der Waals surface area contributed by atoms with Gasteiger partial charge in [-0.25, -0.2) is 14.8 Å². The van der Waals surface area contributed by atoms with Crippen molar-refractivity contribution in [2.45, 2.75) is 13.0 Å². The number of carbonyl (C=O) groups is 1. The van der Waals surface area contributed by atoms with Gasteiger partial charge in [-0.15, -0.1) is 5.06 Å². The van der Waals surface area contributed by atoms with Gasteiger partial charge in [0.05, 0.1) is 25.8 Å². The lowest BCUT2D eigenvalue weighted by atomic mass is 10.3. The summed E-state index contributed by atoms with van der Waals surface area (Å²) in [7, 11) is 0. The molecule has 1 saturated heterocycles. The summed E-state index contributed by atoms with van der Waals surface area (Å²) in [6.07, 6.45) is 2.83. The van der Waals surface area contributed by atoms with E-state index in [0.717, 1.165) is 0 Å². The van der Waals surface area contributed by atoms with Crippen LogP contribution in [0.2, 0.25) is 0 Å². The minimum Gasteiger partial charge on any atom is -0.378 e. The maximum Gasteiger partial charge on any atom is 0.375 e. The zero-order valence-electron chi connectivity index (χ0n) is 9.00. The molecule has 0 spiro atoms. The van der Waals surface area contributed by atoms with Crippen LogP contribution >= 0.6 is 0 Å². The van der Waals surface area contributed by atoms with Crippen molar-refractivity contribution in [3.05, 3.63) is 24.3 Å². The molecular formula is C10H13N3O3. The second-order valence-corrected chi connectivity index (χ2v) is 3.54. The molecule has 16 heavy (non-hydrogen) atoms. The van der Waals surface area contributed by atoms with Crippen molar-refractivity contribution in [1.29, 1.82) is 0 Å². The number of morpholine rings is 1. The third-order valence-corrected chi connectivity index (χ3v) is 2.30. The highest BCUT2D eigenvalue weighted by atomic mass is 16.7. The molecule has 0 aliphatic carbocycles. The zero-order valence-corrected chi connectivity index (χ0v) is 9.00. The minimum absolute atomic E-state index is 0.0690. The van der Waals surface area contributed by atoms with E-state index in [0.29, 0.717) is 19.8 Å². The number of nitrogens with zero attached hydrogens (tertiary/aromatic N) is 3. The number of rotatable bonds is 2. The highest BCUT2D eigenvalue weighted by molar-refractivity contribution is 5.86. The van der Waals surface area contributed by atoms with E-state index >= 15 is 0 Å². The maximum absolute atomic E-state index is 11.7. The van der Waals surface area contributed by atoms with Crippen LogP contribution in [0.15, 0.2) is 18.6 Å². The highest BCUT2D eigenvalue weighted by Gasteiger charge is 2.23. The fourth-order valence-corrected chi connectivity index (χ4v) is 1.41. The van der Waals surface area contributed by atoms with Crippen LogP contribution in [0.5, 0.6) is 0 Å². The third-order valence-electron chi connectivity index (χ3n) is 2.30. The number of carbonyl (C=O) groups excluding carboxylic acids is 1. The van der Waals surface area contributed by atoms with Crippen molar-refractivity contribution in [2.24, 2.45) is 0 Å². The third kappa shape index (κ3) is 2.53. The molecule has 1 atom stereocenters. The molecule has 0 bridgehead atoms. The summed E-state index contributed by atoms with van der Waals surface area (Å²) >= 11 is 0. The normalized spacial score (nSPS) is 21.7. The predicted molar refractivity (Wildman–Crippen MR) is 54.4 cm³/mol. The molecule has 1 unspecified atom stereocenters. The van der Waals surface area contributed by atoms with E-state index in [4.69, 9.17) is 9.57 Å². The zero-order chi connectivity index (χ0) is 11.4. The number of ether oxygens (including phenoxy) is 1. The molecule has 1 aromatic heterocycles. The van der Waals surface area contributed by atoms with Crippen molar-refractivity contribution in [3.63, 3.8) is 0 Å². The van der Waals surface area contributed by atoms with Gasteiger partial charge in [-0.3, -0.25) is 0 Å². The first kappa shape index (κ1) is 11.0. The molecule has 2 heterocycles. The molecule has 0 saturated carbocycles. The second kappa shape index (κ2) is 5.00. The Morgan fingerprint density at radius 2 is 2.56 bits per heavy atom. The molecule has 6 heteroatoms. The van der Waals surface area contributed by atoms with Crippen LogP contribution in [0.3, 0.4) is 0 Å². The fourth-order valence-electron chi connectivity index (χ4n) is 1.41. The van der Waals surface area contributed by atoms with Gasteiger partial charge in [0.1, 0.15) is 6.33 Å². The van der Waals surface area contributed by atoms with Crippen molar-refractivity contribution in [1.82, 2.24) is 15.0 Å². The lowest BCUT2D eigenvalue weighted by molar-refractivity contribution is -0.179. The predicted octanol–water partition coefficient (Wildman–Crippen LogP) is 0.269. The van der Waals surface area contributed by atoms with E-state index in [2.05, 4.69) is 9.97 Å². The van der Waals surface area contributed by atoms with Crippen molar-refractivity contribution >= 4 is 5.97 Å². The van der Waals surface area contributed by atoms with Gasteiger partial charge in [0.25, 0.3) is 0 Å². The topological polar surface area (TPSA) is 64.6 Å². The Morgan fingerprint density at radius 3 is 3.25 bits per heavy atom. The SMILES string of the molecule is CC1COCCN1OC(=O)c1ccncn1. The average molecular weight is 223 g/mol. The monoisotopic (exact) mass is 223 g/mol. The van der Waals surface area contributed by atoms with E-state index in [-0.39, 0.29) is 11.7 Å². The van der Waals surface area contributed by atoms with Gasteiger partial charge in [0.15, 0.2) is 5.69 Å². The molecule has 0 amide bonds. The molecule has 0 radical (unpaired) electrons. The van der Waals surface area contributed by atoms with E-state index < -0.39 is 5.97 Å². The molecule has 1 aromatic rings. The summed E-state index contributed by atoms with van der Waals surface area (Å²) < 4.78 is 5.24. The smallest absolute Gasteiger partial charge is 0.375 e. The molecule has 86 valence electrons. The maximum atomic E-state index is 11.7. The molecule has 1 fully saturated rings. The van der Waals surface area contributed by atoms with Crippen LogP contribution < -0.4 is 0 Å². The second-order valence-electron chi connectivity index (χ2n) is 3.54. The Hall–Kier alpha value is -1.53. The molecule has 0 aromatic carbocycles. The van der Waals surface area contributed by atoms with Crippen LogP contribution in [-0.2, 0) is 9.57 Å². The van der Waals surface area contributed by atoms with Gasteiger partial charge < -0.3 is 9.57 Å². The largest absolute Gasteiger partial charge is 0.378 e. The average Bonchev–Trinajstić information content (AvgIpc) is 2.33. The van der Waals surface area contributed by atoms with Gasteiger partial charge in [0.2, 0.25) is 0 Å². The summed E-state index contributed by atoms with van der Waals surface area (Å²) in [6, 6.07) is 1.59. The quantitative estimate of drug-likeness (QED) is 0.717. The minimum atomic E-state index is -0.462. The fraction of sp³-hybridized carbons (Fsp3) is 0.500. The Kier molecular flexibility index (Phi) is 3.43. The van der Waals surface area contributed by atoms with Crippen molar-refractivity contribution in [2.75, 3.05) is 19.8 Å². The molecule has 1 aliphatic rings. The van der Waals surface area contributed by atoms with Crippen LogP contribution in [0.25, 0.3) is 0 Å². The van der Waals surface area contributed by atoms with Crippen LogP contribution in [-0.4, -0.2) is 46.8 Å². The standard InChI is InChI=1S/C10H13N3O3/c1-8-6-15-5-4-13(8)16-10(14)9-2-3-11-7-12-9/h2-3,7-8H,4-6H2,1H3. The molecule has 2 rings (SSSR count). The first-order valence-corrected chi connectivity index (χ1v) is 5.10. The number of hydroxylamine groups is 2. The van der Waals surface area contributed by atoms with Gasteiger partial charge in [-0.2, -0.15) is 0 Å². The van der Waals surface area contributed by atoms with Crippen LogP contribution in [0, 0.1) is 0 Å². The highest BCUT2D eigenvalue weighted by Crippen LogP contribution is 2.08. The lowest BCUT2D eigenvalue weighted by Gasteiger charge is -2.30. The van der Waals surface area contributed by atoms with E-state index in [9.17, 15) is 4.79 Å². The Bertz CT molecular complexity index is 358. The van der Waals surface area contributed by atoms with E-state index in [1.54, 1.807) is 5.06 Å². The van der Waals surface area contributed by atoms with Crippen LogP contribution in [0.1, 0.15) is 17.4 Å².